The molecule has 2 aromatic rings. The molecular formula is C19H25FN4O. The zero-order valence-corrected chi connectivity index (χ0v) is 14.9. The average Bonchev–Trinajstić information content (AvgIpc) is 2.62. The molecule has 1 atom stereocenters. The van der Waals surface area contributed by atoms with Crippen LogP contribution in [0.5, 0.6) is 5.75 Å². The van der Waals surface area contributed by atoms with Crippen molar-refractivity contribution in [3.63, 3.8) is 0 Å². The summed E-state index contributed by atoms with van der Waals surface area (Å²) in [6, 6.07) is 8.88. The summed E-state index contributed by atoms with van der Waals surface area (Å²) in [6.45, 7) is 7.42. The van der Waals surface area contributed by atoms with Crippen LogP contribution in [0.3, 0.4) is 0 Å². The number of benzene rings is 1. The minimum absolute atomic E-state index is 0.0628. The molecular weight excluding hydrogens is 319 g/mol. The summed E-state index contributed by atoms with van der Waals surface area (Å²) < 4.78 is 19.3. The minimum atomic E-state index is -0.196. The molecule has 5 nitrogen and oxygen atoms in total. The fourth-order valence-electron chi connectivity index (χ4n) is 2.24. The van der Waals surface area contributed by atoms with Gasteiger partial charge in [0.2, 0.25) is 0 Å². The van der Waals surface area contributed by atoms with Gasteiger partial charge in [-0.25, -0.2) is 9.38 Å². The minimum Gasteiger partial charge on any atom is -0.490 e. The molecule has 0 amide bonds. The normalized spacial score (nSPS) is 12.6. The first kappa shape index (κ1) is 18.7. The van der Waals surface area contributed by atoms with Gasteiger partial charge >= 0.3 is 0 Å². The Morgan fingerprint density at radius 1 is 1.36 bits per heavy atom. The first-order chi connectivity index (χ1) is 12.1. The van der Waals surface area contributed by atoms with E-state index in [4.69, 9.17) is 4.74 Å². The fourth-order valence-corrected chi connectivity index (χ4v) is 2.24. The number of hydrogen-bond donors (Lipinski definition) is 2. The van der Waals surface area contributed by atoms with Crippen molar-refractivity contribution in [2.75, 3.05) is 19.7 Å². The number of aromatic nitrogens is 1. The van der Waals surface area contributed by atoms with E-state index in [-0.39, 0.29) is 11.9 Å². The molecule has 1 aromatic carbocycles. The van der Waals surface area contributed by atoms with Crippen molar-refractivity contribution < 1.29 is 9.13 Å². The van der Waals surface area contributed by atoms with Gasteiger partial charge < -0.3 is 15.4 Å². The number of guanidine groups is 1. The molecule has 0 aliphatic heterocycles. The first-order valence-corrected chi connectivity index (χ1v) is 8.44. The van der Waals surface area contributed by atoms with Crippen LogP contribution in [-0.4, -0.2) is 30.6 Å². The molecule has 25 heavy (non-hydrogen) atoms. The lowest BCUT2D eigenvalue weighted by Gasteiger charge is -2.18. The summed E-state index contributed by atoms with van der Waals surface area (Å²) in [5, 5.41) is 6.47. The standard InChI is InChI=1S/C19H25FN4O/c1-4-22-19(23-10-11-25-17-6-5-9-21-13-17)24-15(3)16-8-7-14(2)18(20)12-16/h5-9,12-13,15H,4,10-11H2,1-3H3,(H2,22,23,24). The molecule has 0 aliphatic rings. The predicted octanol–water partition coefficient (Wildman–Crippen LogP) is 3.22. The van der Waals surface area contributed by atoms with Crippen LogP contribution in [0.25, 0.3) is 0 Å². The van der Waals surface area contributed by atoms with Crippen LogP contribution in [0, 0.1) is 12.7 Å². The van der Waals surface area contributed by atoms with E-state index in [2.05, 4.69) is 20.6 Å². The summed E-state index contributed by atoms with van der Waals surface area (Å²) in [5.74, 6) is 1.20. The third-order valence-electron chi connectivity index (χ3n) is 3.66. The van der Waals surface area contributed by atoms with E-state index in [0.717, 1.165) is 17.9 Å². The topological polar surface area (TPSA) is 58.5 Å². The predicted molar refractivity (Wildman–Crippen MR) is 98.4 cm³/mol. The van der Waals surface area contributed by atoms with Crippen LogP contribution in [0.4, 0.5) is 4.39 Å². The van der Waals surface area contributed by atoms with Crippen molar-refractivity contribution >= 4 is 5.96 Å². The second-order valence-corrected chi connectivity index (χ2v) is 5.67. The van der Waals surface area contributed by atoms with Crippen molar-refractivity contribution in [1.29, 1.82) is 0 Å². The van der Waals surface area contributed by atoms with E-state index in [0.29, 0.717) is 24.7 Å². The Morgan fingerprint density at radius 3 is 2.88 bits per heavy atom. The van der Waals surface area contributed by atoms with E-state index in [1.54, 1.807) is 31.5 Å². The second-order valence-electron chi connectivity index (χ2n) is 5.67. The van der Waals surface area contributed by atoms with Gasteiger partial charge in [-0.2, -0.15) is 0 Å². The summed E-state index contributed by atoms with van der Waals surface area (Å²) >= 11 is 0. The Morgan fingerprint density at radius 2 is 2.20 bits per heavy atom. The average molecular weight is 344 g/mol. The van der Waals surface area contributed by atoms with Crippen molar-refractivity contribution in [1.82, 2.24) is 15.6 Å². The van der Waals surface area contributed by atoms with E-state index in [1.165, 1.54) is 0 Å². The van der Waals surface area contributed by atoms with Crippen molar-refractivity contribution in [3.8, 4) is 5.75 Å². The van der Waals surface area contributed by atoms with Crippen molar-refractivity contribution in [3.05, 3.63) is 59.7 Å². The lowest BCUT2D eigenvalue weighted by molar-refractivity contribution is 0.327. The molecule has 0 spiro atoms. The zero-order chi connectivity index (χ0) is 18.1. The molecule has 0 radical (unpaired) electrons. The van der Waals surface area contributed by atoms with E-state index >= 15 is 0 Å². The molecule has 1 unspecified atom stereocenters. The van der Waals surface area contributed by atoms with E-state index in [9.17, 15) is 4.39 Å². The highest BCUT2D eigenvalue weighted by Crippen LogP contribution is 2.16. The summed E-state index contributed by atoms with van der Waals surface area (Å²) in [6.07, 6.45) is 3.37. The first-order valence-electron chi connectivity index (χ1n) is 8.44. The molecule has 1 aromatic heterocycles. The van der Waals surface area contributed by atoms with Crippen LogP contribution < -0.4 is 15.4 Å². The van der Waals surface area contributed by atoms with Crippen LogP contribution in [0.2, 0.25) is 0 Å². The number of aryl methyl sites for hydroxylation is 1. The molecule has 2 N–H and O–H groups in total. The van der Waals surface area contributed by atoms with Crippen LogP contribution >= 0.6 is 0 Å². The smallest absolute Gasteiger partial charge is 0.191 e. The van der Waals surface area contributed by atoms with Gasteiger partial charge in [-0.3, -0.25) is 4.98 Å². The van der Waals surface area contributed by atoms with Crippen molar-refractivity contribution in [2.45, 2.75) is 26.8 Å². The SMILES string of the molecule is CCNC(=NCCOc1cccnc1)NC(C)c1ccc(C)c(F)c1. The maximum absolute atomic E-state index is 13.7. The highest BCUT2D eigenvalue weighted by Gasteiger charge is 2.09. The number of rotatable bonds is 7. The molecule has 0 fully saturated rings. The zero-order valence-electron chi connectivity index (χ0n) is 14.9. The van der Waals surface area contributed by atoms with Gasteiger partial charge in [0.15, 0.2) is 5.96 Å². The summed E-state index contributed by atoms with van der Waals surface area (Å²) in [5.41, 5.74) is 1.52. The molecule has 2 rings (SSSR count). The Labute approximate surface area is 148 Å². The number of halogens is 1. The molecule has 1 heterocycles. The summed E-state index contributed by atoms with van der Waals surface area (Å²) in [4.78, 5) is 8.49. The summed E-state index contributed by atoms with van der Waals surface area (Å²) in [7, 11) is 0. The molecule has 0 saturated heterocycles. The number of hydrogen-bond acceptors (Lipinski definition) is 3. The van der Waals surface area contributed by atoms with Gasteiger partial charge in [-0.05, 0) is 50.1 Å². The fraction of sp³-hybridized carbons (Fsp3) is 0.368. The van der Waals surface area contributed by atoms with Crippen LogP contribution in [-0.2, 0) is 0 Å². The van der Waals surface area contributed by atoms with Gasteiger partial charge in [0.1, 0.15) is 18.2 Å². The third kappa shape index (κ3) is 6.06. The lowest BCUT2D eigenvalue weighted by atomic mass is 10.1. The molecule has 6 heteroatoms. The Bertz CT molecular complexity index is 691. The quantitative estimate of drug-likeness (QED) is 0.460. The van der Waals surface area contributed by atoms with Gasteiger partial charge in [-0.1, -0.05) is 12.1 Å². The van der Waals surface area contributed by atoms with E-state index in [1.807, 2.05) is 32.0 Å². The maximum atomic E-state index is 13.7. The highest BCUT2D eigenvalue weighted by atomic mass is 19.1. The highest BCUT2D eigenvalue weighted by molar-refractivity contribution is 5.80. The monoisotopic (exact) mass is 344 g/mol. The van der Waals surface area contributed by atoms with Gasteiger partial charge in [0.25, 0.3) is 0 Å². The van der Waals surface area contributed by atoms with Crippen LogP contribution in [0.1, 0.15) is 31.0 Å². The van der Waals surface area contributed by atoms with Crippen molar-refractivity contribution in [2.24, 2.45) is 4.99 Å². The number of nitrogens with zero attached hydrogens (tertiary/aromatic N) is 2. The molecule has 0 bridgehead atoms. The Hall–Kier alpha value is -2.63. The second kappa shape index (κ2) is 9.61. The van der Waals surface area contributed by atoms with Gasteiger partial charge in [-0.15, -0.1) is 0 Å². The molecule has 0 aliphatic carbocycles. The third-order valence-corrected chi connectivity index (χ3v) is 3.66. The lowest BCUT2D eigenvalue weighted by Crippen LogP contribution is -2.39. The number of ether oxygens (including phenoxy) is 1. The largest absolute Gasteiger partial charge is 0.490 e. The maximum Gasteiger partial charge on any atom is 0.191 e. The molecule has 0 saturated carbocycles. The van der Waals surface area contributed by atoms with Gasteiger partial charge in [0.05, 0.1) is 18.8 Å². The number of pyridine rings is 1. The number of aliphatic imine (C=N–C) groups is 1. The van der Waals surface area contributed by atoms with Crippen LogP contribution in [0.15, 0.2) is 47.7 Å². The van der Waals surface area contributed by atoms with Gasteiger partial charge in [0, 0.05) is 12.7 Å². The number of nitrogens with one attached hydrogen (secondary N) is 2. The molecule has 134 valence electrons. The van der Waals surface area contributed by atoms with E-state index < -0.39 is 0 Å². The Kier molecular flexibility index (Phi) is 7.19. The Balaban J connectivity index is 1.90.